The lowest BCUT2D eigenvalue weighted by atomic mass is 10.1. The second-order valence-corrected chi connectivity index (χ2v) is 6.83. The molecule has 1 aliphatic rings. The minimum Gasteiger partial charge on any atom is -0.454 e. The second kappa shape index (κ2) is 7.58. The van der Waals surface area contributed by atoms with E-state index >= 15 is 0 Å². The molecule has 1 aliphatic heterocycles. The molecule has 2 aromatic carbocycles. The van der Waals surface area contributed by atoms with Crippen LogP contribution in [0, 0.1) is 0 Å². The third kappa shape index (κ3) is 3.86. The summed E-state index contributed by atoms with van der Waals surface area (Å²) in [6.07, 6.45) is 1.09. The standard InChI is InChI=1S/C20H18N2O3S/c23-19(9-7-14-6-8-17-18(10-14)25-13-24-17)21-11-16-12-26-20(22-16)15-4-2-1-3-5-15/h1-6,8,10,12H,7,9,11,13H2,(H,21,23). The Morgan fingerprint density at radius 1 is 1.12 bits per heavy atom. The number of nitrogens with zero attached hydrogens (tertiary/aromatic N) is 1. The molecule has 6 heteroatoms. The molecule has 0 spiro atoms. The van der Waals surface area contributed by atoms with Gasteiger partial charge in [-0.3, -0.25) is 4.79 Å². The molecule has 26 heavy (non-hydrogen) atoms. The zero-order valence-corrected chi connectivity index (χ0v) is 14.9. The number of benzene rings is 2. The molecule has 132 valence electrons. The van der Waals surface area contributed by atoms with Crippen molar-refractivity contribution < 1.29 is 14.3 Å². The quantitative estimate of drug-likeness (QED) is 0.721. The summed E-state index contributed by atoms with van der Waals surface area (Å²) in [5, 5.41) is 5.89. The number of rotatable bonds is 6. The van der Waals surface area contributed by atoms with Gasteiger partial charge in [-0.25, -0.2) is 4.98 Å². The number of thiazole rings is 1. The van der Waals surface area contributed by atoms with E-state index in [1.54, 1.807) is 11.3 Å². The number of aromatic nitrogens is 1. The lowest BCUT2D eigenvalue weighted by Crippen LogP contribution is -2.23. The highest BCUT2D eigenvalue weighted by Crippen LogP contribution is 2.32. The van der Waals surface area contributed by atoms with Gasteiger partial charge in [-0.05, 0) is 24.1 Å². The Hall–Kier alpha value is -2.86. The Labute approximate surface area is 155 Å². The molecular formula is C20H18N2O3S. The maximum Gasteiger partial charge on any atom is 0.231 e. The molecule has 0 atom stereocenters. The molecular weight excluding hydrogens is 348 g/mol. The van der Waals surface area contributed by atoms with Crippen molar-refractivity contribution in [2.24, 2.45) is 0 Å². The van der Waals surface area contributed by atoms with E-state index in [-0.39, 0.29) is 12.7 Å². The predicted octanol–water partition coefficient (Wildman–Crippen LogP) is 3.79. The van der Waals surface area contributed by atoms with Crippen molar-refractivity contribution in [2.75, 3.05) is 6.79 Å². The Balaban J connectivity index is 1.27. The van der Waals surface area contributed by atoms with Crippen LogP contribution in [-0.4, -0.2) is 17.7 Å². The summed E-state index contributed by atoms with van der Waals surface area (Å²) in [7, 11) is 0. The van der Waals surface area contributed by atoms with E-state index in [2.05, 4.69) is 10.3 Å². The number of carbonyl (C=O) groups excluding carboxylic acids is 1. The minimum atomic E-state index is 0.0110. The number of nitrogens with one attached hydrogen (secondary N) is 1. The van der Waals surface area contributed by atoms with E-state index in [1.165, 1.54) is 0 Å². The van der Waals surface area contributed by atoms with Gasteiger partial charge in [0, 0.05) is 17.4 Å². The van der Waals surface area contributed by atoms with Gasteiger partial charge in [-0.15, -0.1) is 11.3 Å². The van der Waals surface area contributed by atoms with Crippen molar-refractivity contribution in [3.8, 4) is 22.1 Å². The molecule has 3 aromatic rings. The lowest BCUT2D eigenvalue weighted by Gasteiger charge is -2.05. The van der Waals surface area contributed by atoms with Gasteiger partial charge in [-0.2, -0.15) is 0 Å². The third-order valence-electron chi connectivity index (χ3n) is 4.12. The molecule has 0 bridgehead atoms. The first-order valence-electron chi connectivity index (χ1n) is 8.43. The first-order valence-corrected chi connectivity index (χ1v) is 9.31. The fourth-order valence-corrected chi connectivity index (χ4v) is 3.56. The molecule has 0 saturated carbocycles. The van der Waals surface area contributed by atoms with E-state index in [1.807, 2.05) is 53.9 Å². The largest absolute Gasteiger partial charge is 0.454 e. The predicted molar refractivity (Wildman–Crippen MR) is 100 cm³/mol. The van der Waals surface area contributed by atoms with Gasteiger partial charge in [0.15, 0.2) is 11.5 Å². The molecule has 0 radical (unpaired) electrons. The average Bonchev–Trinajstić information content (AvgIpc) is 3.34. The molecule has 0 aliphatic carbocycles. The summed E-state index contributed by atoms with van der Waals surface area (Å²) in [6.45, 7) is 0.710. The van der Waals surface area contributed by atoms with Crippen LogP contribution < -0.4 is 14.8 Å². The number of ether oxygens (including phenoxy) is 2. The van der Waals surface area contributed by atoms with E-state index in [0.29, 0.717) is 19.4 Å². The Morgan fingerprint density at radius 2 is 1.96 bits per heavy atom. The van der Waals surface area contributed by atoms with Crippen LogP contribution in [0.2, 0.25) is 0 Å². The lowest BCUT2D eigenvalue weighted by molar-refractivity contribution is -0.121. The van der Waals surface area contributed by atoms with Crippen LogP contribution in [0.4, 0.5) is 0 Å². The normalized spacial score (nSPS) is 12.2. The van der Waals surface area contributed by atoms with Crippen LogP contribution in [0.25, 0.3) is 10.6 Å². The maximum absolute atomic E-state index is 12.1. The molecule has 1 N–H and O–H groups in total. The molecule has 5 nitrogen and oxygen atoms in total. The smallest absolute Gasteiger partial charge is 0.231 e. The minimum absolute atomic E-state index is 0.0110. The van der Waals surface area contributed by atoms with Crippen LogP contribution in [0.1, 0.15) is 17.7 Å². The Kier molecular flexibility index (Phi) is 4.84. The van der Waals surface area contributed by atoms with Crippen molar-refractivity contribution in [2.45, 2.75) is 19.4 Å². The molecule has 0 unspecified atom stereocenters. The molecule has 4 rings (SSSR count). The summed E-state index contributed by atoms with van der Waals surface area (Å²) in [5.41, 5.74) is 3.03. The van der Waals surface area contributed by atoms with E-state index in [0.717, 1.165) is 33.3 Å². The number of fused-ring (bicyclic) bond motifs is 1. The number of aryl methyl sites for hydroxylation is 1. The highest BCUT2D eigenvalue weighted by atomic mass is 32.1. The van der Waals surface area contributed by atoms with Crippen LogP contribution >= 0.6 is 11.3 Å². The van der Waals surface area contributed by atoms with Gasteiger partial charge >= 0.3 is 0 Å². The summed E-state index contributed by atoms with van der Waals surface area (Å²) >= 11 is 1.59. The highest BCUT2D eigenvalue weighted by Gasteiger charge is 2.13. The van der Waals surface area contributed by atoms with Crippen LogP contribution in [0.3, 0.4) is 0 Å². The Bertz CT molecular complexity index is 908. The van der Waals surface area contributed by atoms with Crippen molar-refractivity contribution in [3.05, 3.63) is 65.2 Å². The van der Waals surface area contributed by atoms with Crippen molar-refractivity contribution in [1.29, 1.82) is 0 Å². The van der Waals surface area contributed by atoms with E-state index < -0.39 is 0 Å². The topological polar surface area (TPSA) is 60.5 Å². The zero-order chi connectivity index (χ0) is 17.8. The second-order valence-electron chi connectivity index (χ2n) is 5.97. The summed E-state index contributed by atoms with van der Waals surface area (Å²) in [5.74, 6) is 1.52. The summed E-state index contributed by atoms with van der Waals surface area (Å²) in [4.78, 5) is 16.7. The number of amides is 1. The fraction of sp³-hybridized carbons (Fsp3) is 0.200. The third-order valence-corrected chi connectivity index (χ3v) is 5.06. The van der Waals surface area contributed by atoms with Gasteiger partial charge < -0.3 is 14.8 Å². The van der Waals surface area contributed by atoms with Gasteiger partial charge in [0.05, 0.1) is 12.2 Å². The maximum atomic E-state index is 12.1. The molecule has 1 amide bonds. The zero-order valence-electron chi connectivity index (χ0n) is 14.1. The SMILES string of the molecule is O=C(CCc1ccc2c(c1)OCO2)NCc1csc(-c2ccccc2)n1. The summed E-state index contributed by atoms with van der Waals surface area (Å²) in [6, 6.07) is 15.8. The van der Waals surface area contributed by atoms with Gasteiger partial charge in [-0.1, -0.05) is 36.4 Å². The monoisotopic (exact) mass is 366 g/mol. The van der Waals surface area contributed by atoms with Crippen LogP contribution in [0.5, 0.6) is 11.5 Å². The highest BCUT2D eigenvalue weighted by molar-refractivity contribution is 7.13. The van der Waals surface area contributed by atoms with Crippen molar-refractivity contribution >= 4 is 17.2 Å². The molecule has 2 heterocycles. The molecule has 1 aromatic heterocycles. The number of carbonyl (C=O) groups is 1. The van der Waals surface area contributed by atoms with Crippen LogP contribution in [-0.2, 0) is 17.8 Å². The van der Waals surface area contributed by atoms with Gasteiger partial charge in [0.1, 0.15) is 5.01 Å². The van der Waals surface area contributed by atoms with Crippen molar-refractivity contribution in [3.63, 3.8) is 0 Å². The van der Waals surface area contributed by atoms with Gasteiger partial charge in [0.25, 0.3) is 0 Å². The molecule has 0 fully saturated rings. The number of hydrogen-bond acceptors (Lipinski definition) is 5. The van der Waals surface area contributed by atoms with E-state index in [9.17, 15) is 4.79 Å². The van der Waals surface area contributed by atoms with Crippen molar-refractivity contribution in [1.82, 2.24) is 10.3 Å². The number of hydrogen-bond donors (Lipinski definition) is 1. The summed E-state index contributed by atoms with van der Waals surface area (Å²) < 4.78 is 10.7. The first-order chi connectivity index (χ1) is 12.8. The average molecular weight is 366 g/mol. The molecule has 0 saturated heterocycles. The first kappa shape index (κ1) is 16.6. The fourth-order valence-electron chi connectivity index (χ4n) is 2.73. The van der Waals surface area contributed by atoms with Crippen LogP contribution in [0.15, 0.2) is 53.9 Å². The van der Waals surface area contributed by atoms with Gasteiger partial charge in [0.2, 0.25) is 12.7 Å². The Morgan fingerprint density at radius 3 is 2.85 bits per heavy atom. The van der Waals surface area contributed by atoms with E-state index in [4.69, 9.17) is 9.47 Å².